The van der Waals surface area contributed by atoms with Crippen molar-refractivity contribution in [3.63, 3.8) is 0 Å². The second-order valence-corrected chi connectivity index (χ2v) is 12.8. The molecule has 0 aromatic heterocycles. The van der Waals surface area contributed by atoms with Crippen LogP contribution in [0.4, 0.5) is 0 Å². The summed E-state index contributed by atoms with van der Waals surface area (Å²) in [6.45, 7) is 13.2. The number of hydrogen-bond donors (Lipinski definition) is 0. The van der Waals surface area contributed by atoms with Gasteiger partial charge in [-0.05, 0) is 31.5 Å². The van der Waals surface area contributed by atoms with E-state index in [1.165, 1.54) is 0 Å². The minimum atomic E-state index is -3.35. The lowest BCUT2D eigenvalue weighted by Gasteiger charge is -2.38. The maximum atomic E-state index is 10.8. The van der Waals surface area contributed by atoms with Crippen molar-refractivity contribution in [1.82, 2.24) is 0 Å². The van der Waals surface area contributed by atoms with Crippen molar-refractivity contribution >= 4 is 18.4 Å². The molecule has 0 N–H and O–H groups in total. The molecule has 0 aliphatic carbocycles. The van der Waals surface area contributed by atoms with Gasteiger partial charge in [-0.25, -0.2) is 0 Å². The van der Waals surface area contributed by atoms with Crippen molar-refractivity contribution in [2.24, 2.45) is 0 Å². The highest BCUT2D eigenvalue weighted by Gasteiger charge is 2.38. The first-order valence-electron chi connectivity index (χ1n) is 6.52. The van der Waals surface area contributed by atoms with Gasteiger partial charge in [0.25, 0.3) is 10.1 Å². The topological polar surface area (TPSA) is 52.6 Å². The summed E-state index contributed by atoms with van der Waals surface area (Å²) in [5.41, 5.74) is 0. The van der Waals surface area contributed by atoms with E-state index in [-0.39, 0.29) is 17.7 Å². The third-order valence-electron chi connectivity index (χ3n) is 3.32. The van der Waals surface area contributed by atoms with Gasteiger partial charge in [0, 0.05) is 6.10 Å². The van der Waals surface area contributed by atoms with E-state index in [0.29, 0.717) is 0 Å². The highest BCUT2D eigenvalue weighted by molar-refractivity contribution is 7.85. The van der Waals surface area contributed by atoms with Gasteiger partial charge in [-0.3, -0.25) is 4.18 Å². The summed E-state index contributed by atoms with van der Waals surface area (Å²) in [5, 5.41) is 0.199. The predicted molar refractivity (Wildman–Crippen MR) is 82.3 cm³/mol. The van der Waals surface area contributed by atoms with Crippen LogP contribution >= 0.6 is 0 Å². The monoisotopic (exact) mass is 308 g/mol. The molecule has 0 aliphatic rings. The van der Waals surface area contributed by atoms with Crippen molar-refractivity contribution in [3.8, 4) is 0 Å². The minimum Gasteiger partial charge on any atom is -0.414 e. The first-order valence-corrected chi connectivity index (χ1v) is 11.2. The zero-order valence-corrected chi connectivity index (χ0v) is 15.0. The van der Waals surface area contributed by atoms with E-state index in [1.54, 1.807) is 6.08 Å². The lowest BCUT2D eigenvalue weighted by molar-refractivity contribution is 0.202. The van der Waals surface area contributed by atoms with Gasteiger partial charge in [-0.15, -0.1) is 0 Å². The average Bonchev–Trinajstić information content (AvgIpc) is 2.12. The fraction of sp³-hybridized carbons (Fsp3) is 0.846. The van der Waals surface area contributed by atoms with E-state index in [4.69, 9.17) is 4.43 Å². The molecule has 0 rings (SSSR count). The maximum Gasteiger partial charge on any atom is 0.264 e. The van der Waals surface area contributed by atoms with Crippen molar-refractivity contribution in [2.75, 3.05) is 12.9 Å². The SMILES string of the molecule is CC(CC=CCOS(C)(=O)=O)O[Si](C)(C)C(C)(C)C. The molecule has 0 heterocycles. The summed E-state index contributed by atoms with van der Waals surface area (Å²) in [6.07, 6.45) is 5.56. The van der Waals surface area contributed by atoms with Crippen LogP contribution in [0.15, 0.2) is 12.2 Å². The lowest BCUT2D eigenvalue weighted by Crippen LogP contribution is -2.43. The Morgan fingerprint density at radius 1 is 1.21 bits per heavy atom. The molecule has 0 aliphatic heterocycles. The highest BCUT2D eigenvalue weighted by Crippen LogP contribution is 2.37. The van der Waals surface area contributed by atoms with Crippen LogP contribution in [0.2, 0.25) is 18.1 Å². The molecule has 6 heteroatoms. The molecule has 1 unspecified atom stereocenters. The van der Waals surface area contributed by atoms with E-state index in [1.807, 2.05) is 13.0 Å². The molecule has 0 spiro atoms. The Kier molecular flexibility index (Phi) is 6.95. The van der Waals surface area contributed by atoms with E-state index in [9.17, 15) is 8.42 Å². The molecular formula is C13H28O4SSi. The van der Waals surface area contributed by atoms with Gasteiger partial charge in [0.15, 0.2) is 8.32 Å². The van der Waals surface area contributed by atoms with Crippen LogP contribution in [0.25, 0.3) is 0 Å². The Morgan fingerprint density at radius 2 is 1.74 bits per heavy atom. The van der Waals surface area contributed by atoms with Crippen molar-refractivity contribution in [2.45, 2.75) is 58.4 Å². The maximum absolute atomic E-state index is 10.8. The second-order valence-electron chi connectivity index (χ2n) is 6.38. The molecule has 0 saturated carbocycles. The third-order valence-corrected chi connectivity index (χ3v) is 8.48. The van der Waals surface area contributed by atoms with Gasteiger partial charge in [-0.1, -0.05) is 32.9 Å². The molecule has 19 heavy (non-hydrogen) atoms. The first-order chi connectivity index (χ1) is 8.35. The summed E-state index contributed by atoms with van der Waals surface area (Å²) in [5.74, 6) is 0. The third kappa shape index (κ3) is 8.57. The van der Waals surface area contributed by atoms with Gasteiger partial charge < -0.3 is 4.43 Å². The Morgan fingerprint density at radius 3 is 2.16 bits per heavy atom. The van der Waals surface area contributed by atoms with Crippen molar-refractivity contribution in [1.29, 1.82) is 0 Å². The van der Waals surface area contributed by atoms with E-state index in [0.717, 1.165) is 12.7 Å². The highest BCUT2D eigenvalue weighted by atomic mass is 32.2. The average molecular weight is 309 g/mol. The smallest absolute Gasteiger partial charge is 0.264 e. The molecule has 0 bridgehead atoms. The Balaban J connectivity index is 4.13. The Hall–Kier alpha value is -0.173. The molecular weight excluding hydrogens is 280 g/mol. The van der Waals surface area contributed by atoms with Gasteiger partial charge in [-0.2, -0.15) is 8.42 Å². The van der Waals surface area contributed by atoms with Crippen LogP contribution in [0.1, 0.15) is 34.1 Å². The van der Waals surface area contributed by atoms with Crippen LogP contribution in [-0.4, -0.2) is 35.7 Å². The van der Waals surface area contributed by atoms with Crippen LogP contribution in [0.3, 0.4) is 0 Å². The standard InChI is InChI=1S/C13H28O4SSi/c1-12(17-19(6,7)13(2,3)4)10-8-9-11-16-18(5,14)15/h8-9,12H,10-11H2,1-7H3. The van der Waals surface area contributed by atoms with E-state index < -0.39 is 18.4 Å². The Bertz CT molecular complexity index is 393. The van der Waals surface area contributed by atoms with E-state index >= 15 is 0 Å². The van der Waals surface area contributed by atoms with E-state index in [2.05, 4.69) is 38.0 Å². The predicted octanol–water partition coefficient (Wildman–Crippen LogP) is 3.32. The van der Waals surface area contributed by atoms with Crippen LogP contribution in [0.5, 0.6) is 0 Å². The van der Waals surface area contributed by atoms with Crippen LogP contribution < -0.4 is 0 Å². The number of rotatable bonds is 7. The lowest BCUT2D eigenvalue weighted by atomic mass is 10.2. The molecule has 0 aromatic rings. The summed E-state index contributed by atoms with van der Waals surface area (Å²) < 4.78 is 32.3. The minimum absolute atomic E-state index is 0.0889. The fourth-order valence-electron chi connectivity index (χ4n) is 1.25. The zero-order chi connectivity index (χ0) is 15.3. The van der Waals surface area contributed by atoms with Gasteiger partial charge in [0.05, 0.1) is 12.9 Å². The quantitative estimate of drug-likeness (QED) is 0.411. The Labute approximate surface area is 119 Å². The fourth-order valence-corrected chi connectivity index (χ4v) is 3.03. The molecule has 1 atom stereocenters. The summed E-state index contributed by atoms with van der Waals surface area (Å²) in [4.78, 5) is 0. The largest absolute Gasteiger partial charge is 0.414 e. The summed E-state index contributed by atoms with van der Waals surface area (Å²) in [7, 11) is -5.08. The molecule has 0 amide bonds. The molecule has 0 saturated heterocycles. The zero-order valence-electron chi connectivity index (χ0n) is 13.2. The summed E-state index contributed by atoms with van der Waals surface area (Å²) >= 11 is 0. The van der Waals surface area contributed by atoms with Gasteiger partial charge in [0.2, 0.25) is 0 Å². The van der Waals surface area contributed by atoms with Crippen LogP contribution in [-0.2, 0) is 18.7 Å². The van der Waals surface area contributed by atoms with Crippen LogP contribution in [0, 0.1) is 0 Å². The van der Waals surface area contributed by atoms with Gasteiger partial charge in [0.1, 0.15) is 0 Å². The molecule has 114 valence electrons. The van der Waals surface area contributed by atoms with Crippen molar-refractivity contribution < 1.29 is 17.0 Å². The summed E-state index contributed by atoms with van der Waals surface area (Å²) in [6, 6.07) is 0. The van der Waals surface area contributed by atoms with Crippen molar-refractivity contribution in [3.05, 3.63) is 12.2 Å². The second kappa shape index (κ2) is 7.01. The molecule has 0 aromatic carbocycles. The van der Waals surface area contributed by atoms with Gasteiger partial charge >= 0.3 is 0 Å². The molecule has 4 nitrogen and oxygen atoms in total. The normalized spacial score (nSPS) is 15.9. The number of hydrogen-bond acceptors (Lipinski definition) is 4. The molecule has 0 fully saturated rings. The molecule has 0 radical (unpaired) electrons. The first kappa shape index (κ1) is 18.8.